The summed E-state index contributed by atoms with van der Waals surface area (Å²) in [7, 11) is 0. The van der Waals surface area contributed by atoms with Gasteiger partial charge >= 0.3 is 5.97 Å². The summed E-state index contributed by atoms with van der Waals surface area (Å²) in [6.45, 7) is 2.53. The topological polar surface area (TPSA) is 46.6 Å². The number of hydrogen-bond donors (Lipinski definition) is 0. The quantitative estimate of drug-likeness (QED) is 0.567. The molecule has 0 radical (unpaired) electrons. The predicted octanol–water partition coefficient (Wildman–Crippen LogP) is 4.52. The fraction of sp³-hybridized carbons (Fsp3) is 0.182. The molecule has 138 valence electrons. The third-order valence-corrected chi connectivity index (χ3v) is 4.95. The van der Waals surface area contributed by atoms with Crippen LogP contribution in [0.5, 0.6) is 0 Å². The van der Waals surface area contributed by atoms with Gasteiger partial charge < -0.3 is 9.64 Å². The Kier molecular flexibility index (Phi) is 6.39. The predicted molar refractivity (Wildman–Crippen MR) is 106 cm³/mol. The van der Waals surface area contributed by atoms with Crippen molar-refractivity contribution in [3.05, 3.63) is 94.2 Å². The summed E-state index contributed by atoms with van der Waals surface area (Å²) in [5.41, 5.74) is 2.05. The molecule has 27 heavy (non-hydrogen) atoms. The summed E-state index contributed by atoms with van der Waals surface area (Å²) in [4.78, 5) is 27.4. The lowest BCUT2D eigenvalue weighted by Crippen LogP contribution is -2.39. The summed E-state index contributed by atoms with van der Waals surface area (Å²) in [6, 6.07) is 23.1. The zero-order valence-electron chi connectivity index (χ0n) is 15.1. The van der Waals surface area contributed by atoms with Gasteiger partial charge in [-0.1, -0.05) is 66.7 Å². The van der Waals surface area contributed by atoms with Crippen molar-refractivity contribution in [2.24, 2.45) is 0 Å². The number of amides is 1. The van der Waals surface area contributed by atoms with E-state index in [0.29, 0.717) is 18.0 Å². The molecule has 1 atom stereocenters. The zero-order chi connectivity index (χ0) is 19.1. The highest BCUT2D eigenvalue weighted by Gasteiger charge is 2.25. The molecule has 0 spiro atoms. The van der Waals surface area contributed by atoms with Gasteiger partial charge in [0, 0.05) is 13.1 Å². The number of nitrogens with zero attached hydrogens (tertiary/aromatic N) is 1. The maximum atomic E-state index is 13.0. The molecule has 1 heterocycles. The van der Waals surface area contributed by atoms with Crippen molar-refractivity contribution in [3.8, 4) is 0 Å². The minimum atomic E-state index is -0.855. The van der Waals surface area contributed by atoms with Gasteiger partial charge in [-0.3, -0.25) is 4.79 Å². The second-order valence-corrected chi connectivity index (χ2v) is 7.14. The molecule has 4 nitrogen and oxygen atoms in total. The van der Waals surface area contributed by atoms with Crippen molar-refractivity contribution >= 4 is 23.2 Å². The number of carbonyl (C=O) groups is 2. The minimum Gasteiger partial charge on any atom is -0.448 e. The Labute approximate surface area is 163 Å². The second-order valence-electron chi connectivity index (χ2n) is 6.19. The number of thiophene rings is 1. The lowest BCUT2D eigenvalue weighted by molar-refractivity contribution is -0.141. The average molecular weight is 379 g/mol. The molecule has 0 saturated carbocycles. The van der Waals surface area contributed by atoms with E-state index in [0.717, 1.165) is 11.1 Å². The van der Waals surface area contributed by atoms with Crippen molar-refractivity contribution in [3.63, 3.8) is 0 Å². The van der Waals surface area contributed by atoms with Crippen molar-refractivity contribution in [1.82, 2.24) is 4.90 Å². The highest BCUT2D eigenvalue weighted by molar-refractivity contribution is 7.11. The molecule has 0 fully saturated rings. The highest BCUT2D eigenvalue weighted by atomic mass is 32.1. The molecule has 1 amide bonds. The van der Waals surface area contributed by atoms with Crippen molar-refractivity contribution in [2.75, 3.05) is 0 Å². The summed E-state index contributed by atoms with van der Waals surface area (Å²) in [5.74, 6) is -0.683. The summed E-state index contributed by atoms with van der Waals surface area (Å²) >= 11 is 1.30. The molecule has 0 aliphatic carbocycles. The van der Waals surface area contributed by atoms with Gasteiger partial charge in [0.15, 0.2) is 6.10 Å². The first-order valence-electron chi connectivity index (χ1n) is 8.74. The molecule has 0 aliphatic heterocycles. The normalized spacial score (nSPS) is 11.6. The van der Waals surface area contributed by atoms with Gasteiger partial charge in [-0.2, -0.15) is 0 Å². The Morgan fingerprint density at radius 3 is 1.93 bits per heavy atom. The summed E-state index contributed by atoms with van der Waals surface area (Å²) in [6.07, 6.45) is -0.855. The van der Waals surface area contributed by atoms with Crippen molar-refractivity contribution in [2.45, 2.75) is 26.1 Å². The Morgan fingerprint density at radius 1 is 0.889 bits per heavy atom. The van der Waals surface area contributed by atoms with Crippen LogP contribution in [0.3, 0.4) is 0 Å². The number of carbonyl (C=O) groups excluding carboxylic acids is 2. The first-order valence-corrected chi connectivity index (χ1v) is 9.62. The lowest BCUT2D eigenvalue weighted by Gasteiger charge is -2.26. The molecule has 0 aliphatic rings. The van der Waals surface area contributed by atoms with E-state index in [1.807, 2.05) is 60.7 Å². The highest BCUT2D eigenvalue weighted by Crippen LogP contribution is 2.15. The van der Waals surface area contributed by atoms with Crippen LogP contribution in [0.4, 0.5) is 0 Å². The molecule has 2 aromatic carbocycles. The number of hydrogen-bond acceptors (Lipinski definition) is 4. The number of benzene rings is 2. The van der Waals surface area contributed by atoms with Gasteiger partial charge in [-0.05, 0) is 29.5 Å². The maximum absolute atomic E-state index is 13.0. The van der Waals surface area contributed by atoms with Crippen LogP contribution in [-0.2, 0) is 22.6 Å². The van der Waals surface area contributed by atoms with E-state index in [1.54, 1.807) is 29.3 Å². The smallest absolute Gasteiger partial charge is 0.349 e. The standard InChI is InChI=1S/C22H21NO3S/c1-17(26-22(25)20-13-8-14-27-20)21(24)23(15-18-9-4-2-5-10-18)16-19-11-6-3-7-12-19/h2-14,17H,15-16H2,1H3/t17-/m0/s1. The van der Waals surface area contributed by atoms with E-state index in [1.165, 1.54) is 11.3 Å². The zero-order valence-corrected chi connectivity index (χ0v) is 15.9. The van der Waals surface area contributed by atoms with E-state index in [2.05, 4.69) is 0 Å². The van der Waals surface area contributed by atoms with Gasteiger partial charge in [-0.15, -0.1) is 11.3 Å². The fourth-order valence-electron chi connectivity index (χ4n) is 2.74. The van der Waals surface area contributed by atoms with Gasteiger partial charge in [0.2, 0.25) is 0 Å². The molecule has 0 bridgehead atoms. The largest absolute Gasteiger partial charge is 0.448 e. The molecule has 1 aromatic heterocycles. The van der Waals surface area contributed by atoms with Crippen LogP contribution in [0.25, 0.3) is 0 Å². The van der Waals surface area contributed by atoms with Crippen LogP contribution < -0.4 is 0 Å². The van der Waals surface area contributed by atoms with Crippen LogP contribution in [-0.4, -0.2) is 22.9 Å². The molecular formula is C22H21NO3S. The third-order valence-electron chi connectivity index (χ3n) is 4.10. The minimum absolute atomic E-state index is 0.215. The number of ether oxygens (including phenoxy) is 1. The third kappa shape index (κ3) is 5.28. The maximum Gasteiger partial charge on any atom is 0.349 e. The van der Waals surface area contributed by atoms with Crippen LogP contribution in [0, 0.1) is 0 Å². The average Bonchev–Trinajstić information content (AvgIpc) is 3.23. The van der Waals surface area contributed by atoms with E-state index in [4.69, 9.17) is 4.74 Å². The molecule has 3 rings (SSSR count). The van der Waals surface area contributed by atoms with Gasteiger partial charge in [0.25, 0.3) is 5.91 Å². The second kappa shape index (κ2) is 9.14. The lowest BCUT2D eigenvalue weighted by atomic mass is 10.1. The molecule has 0 N–H and O–H groups in total. The Morgan fingerprint density at radius 2 is 1.44 bits per heavy atom. The first kappa shape index (κ1) is 18.9. The Balaban J connectivity index is 1.73. The van der Waals surface area contributed by atoms with Gasteiger partial charge in [0.05, 0.1) is 0 Å². The fourth-order valence-corrected chi connectivity index (χ4v) is 3.35. The molecule has 0 unspecified atom stereocenters. The summed E-state index contributed by atoms with van der Waals surface area (Å²) < 4.78 is 5.39. The Bertz CT molecular complexity index is 822. The van der Waals surface area contributed by atoms with Crippen LogP contribution >= 0.6 is 11.3 Å². The molecule has 0 saturated heterocycles. The van der Waals surface area contributed by atoms with Crippen LogP contribution in [0.15, 0.2) is 78.2 Å². The summed E-state index contributed by atoms with van der Waals surface area (Å²) in [5, 5.41) is 1.81. The van der Waals surface area contributed by atoms with Crippen LogP contribution in [0.2, 0.25) is 0 Å². The monoisotopic (exact) mass is 379 g/mol. The first-order chi connectivity index (χ1) is 13.1. The van der Waals surface area contributed by atoms with E-state index in [9.17, 15) is 9.59 Å². The van der Waals surface area contributed by atoms with Crippen molar-refractivity contribution < 1.29 is 14.3 Å². The number of esters is 1. The van der Waals surface area contributed by atoms with E-state index < -0.39 is 12.1 Å². The van der Waals surface area contributed by atoms with E-state index in [-0.39, 0.29) is 5.91 Å². The van der Waals surface area contributed by atoms with E-state index >= 15 is 0 Å². The molecular weight excluding hydrogens is 358 g/mol. The molecule has 5 heteroatoms. The molecule has 3 aromatic rings. The SMILES string of the molecule is C[C@H](OC(=O)c1cccs1)C(=O)N(Cc1ccccc1)Cc1ccccc1. The van der Waals surface area contributed by atoms with Crippen molar-refractivity contribution in [1.29, 1.82) is 0 Å². The van der Waals surface area contributed by atoms with Gasteiger partial charge in [0.1, 0.15) is 4.88 Å². The van der Waals surface area contributed by atoms with Crippen LogP contribution in [0.1, 0.15) is 27.7 Å². The van der Waals surface area contributed by atoms with Gasteiger partial charge in [-0.25, -0.2) is 4.79 Å². The Hall–Kier alpha value is -2.92. The number of rotatable bonds is 7.